The van der Waals surface area contributed by atoms with Crippen LogP contribution < -0.4 is 16.8 Å². The van der Waals surface area contributed by atoms with Crippen molar-refractivity contribution in [2.24, 2.45) is 11.5 Å². The number of aromatic nitrogens is 1. The van der Waals surface area contributed by atoms with Crippen LogP contribution in [0, 0.1) is 0 Å². The normalized spacial score (nSPS) is 14.5. The van der Waals surface area contributed by atoms with Gasteiger partial charge in [-0.05, 0) is 51.2 Å². The molecular weight excluding hydrogens is 272 g/mol. The Morgan fingerprint density at radius 1 is 1.35 bits per heavy atom. The van der Waals surface area contributed by atoms with Crippen LogP contribution in [0.3, 0.4) is 0 Å². The standard InChI is InChI=1S/C14H20N4OS/c1-14(2,13(16)19)18-12-9(11(15)20)7-8-5-3-4-6-10(8)17-12/h7H,3-6H2,1-2H3,(H2,15,20)(H2,16,19)(H,17,18). The Balaban J connectivity index is 2.45. The van der Waals surface area contributed by atoms with E-state index >= 15 is 0 Å². The van der Waals surface area contributed by atoms with Gasteiger partial charge in [0.1, 0.15) is 16.3 Å². The van der Waals surface area contributed by atoms with Crippen LogP contribution >= 0.6 is 12.2 Å². The van der Waals surface area contributed by atoms with Gasteiger partial charge in [0.25, 0.3) is 0 Å². The molecular formula is C14H20N4OS. The fraction of sp³-hybridized carbons (Fsp3) is 0.500. The molecule has 108 valence electrons. The van der Waals surface area contributed by atoms with E-state index in [-0.39, 0.29) is 4.99 Å². The number of thiocarbonyl (C=S) groups is 1. The van der Waals surface area contributed by atoms with E-state index in [4.69, 9.17) is 23.7 Å². The molecule has 0 aliphatic heterocycles. The van der Waals surface area contributed by atoms with Crippen molar-refractivity contribution in [1.29, 1.82) is 0 Å². The number of hydrogen-bond donors (Lipinski definition) is 3. The minimum absolute atomic E-state index is 0.272. The summed E-state index contributed by atoms with van der Waals surface area (Å²) < 4.78 is 0. The van der Waals surface area contributed by atoms with E-state index in [0.717, 1.165) is 31.4 Å². The molecule has 0 atom stereocenters. The lowest BCUT2D eigenvalue weighted by Crippen LogP contribution is -2.45. The fourth-order valence-electron chi connectivity index (χ4n) is 2.27. The second-order valence-corrected chi connectivity index (χ2v) is 6.12. The lowest BCUT2D eigenvalue weighted by Gasteiger charge is -2.26. The molecule has 0 radical (unpaired) electrons. The van der Waals surface area contributed by atoms with Crippen molar-refractivity contribution < 1.29 is 4.79 Å². The molecule has 20 heavy (non-hydrogen) atoms. The van der Waals surface area contributed by atoms with Gasteiger partial charge in [-0.2, -0.15) is 0 Å². The van der Waals surface area contributed by atoms with Crippen molar-refractivity contribution in [2.45, 2.75) is 45.1 Å². The smallest absolute Gasteiger partial charge is 0.242 e. The highest BCUT2D eigenvalue weighted by atomic mass is 32.1. The number of nitrogens with zero attached hydrogens (tertiary/aromatic N) is 1. The van der Waals surface area contributed by atoms with Gasteiger partial charge in [0, 0.05) is 5.69 Å². The maximum Gasteiger partial charge on any atom is 0.242 e. The number of fused-ring (bicyclic) bond motifs is 1. The largest absolute Gasteiger partial charge is 0.389 e. The molecule has 5 N–H and O–H groups in total. The number of primary amides is 1. The van der Waals surface area contributed by atoms with Crippen molar-refractivity contribution in [1.82, 2.24) is 4.98 Å². The quantitative estimate of drug-likeness (QED) is 0.727. The van der Waals surface area contributed by atoms with E-state index in [1.165, 1.54) is 5.56 Å². The first-order valence-corrected chi connectivity index (χ1v) is 7.13. The second kappa shape index (κ2) is 5.36. The van der Waals surface area contributed by atoms with Gasteiger partial charge < -0.3 is 16.8 Å². The Labute approximate surface area is 124 Å². The summed E-state index contributed by atoms with van der Waals surface area (Å²) in [6.07, 6.45) is 4.23. The van der Waals surface area contributed by atoms with Crippen LogP contribution in [-0.2, 0) is 17.6 Å². The molecule has 1 aromatic rings. The Kier molecular flexibility index (Phi) is 3.94. The highest BCUT2D eigenvalue weighted by Gasteiger charge is 2.27. The van der Waals surface area contributed by atoms with Crippen LogP contribution in [0.25, 0.3) is 0 Å². The molecule has 0 saturated carbocycles. The Morgan fingerprint density at radius 2 is 2.00 bits per heavy atom. The van der Waals surface area contributed by atoms with Crippen molar-refractivity contribution in [3.05, 3.63) is 22.9 Å². The molecule has 1 aliphatic rings. The minimum Gasteiger partial charge on any atom is -0.389 e. The van der Waals surface area contributed by atoms with Crippen LogP contribution in [0.15, 0.2) is 6.07 Å². The average molecular weight is 292 g/mol. The zero-order valence-electron chi connectivity index (χ0n) is 11.8. The van der Waals surface area contributed by atoms with Crippen molar-refractivity contribution in [2.75, 3.05) is 5.32 Å². The number of pyridine rings is 1. The molecule has 6 heteroatoms. The molecule has 0 spiro atoms. The molecule has 0 bridgehead atoms. The summed E-state index contributed by atoms with van der Waals surface area (Å²) in [6, 6.07) is 1.99. The molecule has 0 fully saturated rings. The van der Waals surface area contributed by atoms with Crippen molar-refractivity contribution >= 4 is 28.9 Å². The highest BCUT2D eigenvalue weighted by molar-refractivity contribution is 7.80. The first-order chi connectivity index (χ1) is 9.31. The van der Waals surface area contributed by atoms with Crippen molar-refractivity contribution in [3.8, 4) is 0 Å². The summed E-state index contributed by atoms with van der Waals surface area (Å²) in [5.74, 6) is 0.0906. The van der Waals surface area contributed by atoms with Gasteiger partial charge in [0.05, 0.1) is 5.56 Å². The van der Waals surface area contributed by atoms with E-state index < -0.39 is 11.4 Å². The van der Waals surface area contributed by atoms with E-state index in [0.29, 0.717) is 11.4 Å². The minimum atomic E-state index is -0.907. The van der Waals surface area contributed by atoms with Gasteiger partial charge >= 0.3 is 0 Å². The molecule has 1 amide bonds. The molecule has 0 unspecified atom stereocenters. The maximum absolute atomic E-state index is 11.5. The van der Waals surface area contributed by atoms with Crippen LogP contribution in [0.5, 0.6) is 0 Å². The molecule has 1 aliphatic carbocycles. The molecule has 5 nitrogen and oxygen atoms in total. The number of nitrogens with two attached hydrogens (primary N) is 2. The number of aryl methyl sites for hydroxylation is 2. The summed E-state index contributed by atoms with van der Waals surface area (Å²) in [7, 11) is 0. The van der Waals surface area contributed by atoms with Crippen LogP contribution in [0.1, 0.15) is 43.5 Å². The zero-order chi connectivity index (χ0) is 14.9. The van der Waals surface area contributed by atoms with E-state index in [1.807, 2.05) is 6.07 Å². The summed E-state index contributed by atoms with van der Waals surface area (Å²) in [5, 5.41) is 3.06. The predicted molar refractivity (Wildman–Crippen MR) is 83.7 cm³/mol. The molecule has 0 saturated heterocycles. The number of nitrogens with one attached hydrogen (secondary N) is 1. The summed E-state index contributed by atoms with van der Waals surface area (Å²) in [4.78, 5) is 16.4. The number of anilines is 1. The third-order valence-corrected chi connectivity index (χ3v) is 3.83. The summed E-state index contributed by atoms with van der Waals surface area (Å²) >= 11 is 5.09. The van der Waals surface area contributed by atoms with Crippen molar-refractivity contribution in [3.63, 3.8) is 0 Å². The summed E-state index contributed by atoms with van der Waals surface area (Å²) in [5.41, 5.74) is 13.2. The topological polar surface area (TPSA) is 94.0 Å². The SMILES string of the molecule is CC(C)(Nc1nc2c(cc1C(N)=S)CCCC2)C(N)=O. The fourth-order valence-corrected chi connectivity index (χ4v) is 2.43. The highest BCUT2D eigenvalue weighted by Crippen LogP contribution is 2.26. The Hall–Kier alpha value is -1.69. The van der Waals surface area contributed by atoms with Gasteiger partial charge in [-0.25, -0.2) is 4.98 Å². The van der Waals surface area contributed by atoms with Gasteiger partial charge in [-0.1, -0.05) is 12.2 Å². The lowest BCUT2D eigenvalue weighted by atomic mass is 9.94. The summed E-state index contributed by atoms with van der Waals surface area (Å²) in [6.45, 7) is 3.42. The van der Waals surface area contributed by atoms with E-state index in [9.17, 15) is 4.79 Å². The molecule has 1 aromatic heterocycles. The van der Waals surface area contributed by atoms with E-state index in [1.54, 1.807) is 13.8 Å². The van der Waals surface area contributed by atoms with Crippen LogP contribution in [-0.4, -0.2) is 21.4 Å². The maximum atomic E-state index is 11.5. The second-order valence-electron chi connectivity index (χ2n) is 5.68. The zero-order valence-corrected chi connectivity index (χ0v) is 12.6. The third-order valence-electron chi connectivity index (χ3n) is 3.61. The molecule has 0 aromatic carbocycles. The van der Waals surface area contributed by atoms with Crippen LogP contribution in [0.4, 0.5) is 5.82 Å². The number of carbonyl (C=O) groups is 1. The van der Waals surface area contributed by atoms with Gasteiger partial charge in [-0.15, -0.1) is 0 Å². The Bertz CT molecular complexity index is 569. The lowest BCUT2D eigenvalue weighted by molar-refractivity contribution is -0.121. The third kappa shape index (κ3) is 2.90. The monoisotopic (exact) mass is 292 g/mol. The van der Waals surface area contributed by atoms with Gasteiger partial charge in [0.2, 0.25) is 5.91 Å². The first kappa shape index (κ1) is 14.7. The number of rotatable bonds is 4. The predicted octanol–water partition coefficient (Wildman–Crippen LogP) is 1.27. The molecule has 2 rings (SSSR count). The first-order valence-electron chi connectivity index (χ1n) is 6.72. The Morgan fingerprint density at radius 3 is 2.60 bits per heavy atom. The van der Waals surface area contributed by atoms with Gasteiger partial charge in [-0.3, -0.25) is 4.79 Å². The van der Waals surface area contributed by atoms with Gasteiger partial charge in [0.15, 0.2) is 0 Å². The average Bonchev–Trinajstić information content (AvgIpc) is 2.37. The number of carbonyl (C=O) groups excluding carboxylic acids is 1. The number of amides is 1. The number of hydrogen-bond acceptors (Lipinski definition) is 4. The molecule has 1 heterocycles. The van der Waals surface area contributed by atoms with E-state index in [2.05, 4.69) is 10.3 Å². The van der Waals surface area contributed by atoms with Crippen LogP contribution in [0.2, 0.25) is 0 Å².